The molecule has 0 saturated heterocycles. The Morgan fingerprint density at radius 1 is 0.884 bits per heavy atom. The molecule has 0 aliphatic carbocycles. The van der Waals surface area contributed by atoms with Crippen LogP contribution in [0.1, 0.15) is 16.7 Å². The molecule has 0 fully saturated rings. The van der Waals surface area contributed by atoms with E-state index in [2.05, 4.69) is 15.8 Å². The summed E-state index contributed by atoms with van der Waals surface area (Å²) in [5.41, 5.74) is 5.30. The van der Waals surface area contributed by atoms with Crippen molar-refractivity contribution in [3.63, 3.8) is 0 Å². The predicted molar refractivity (Wildman–Crippen MR) is 163 cm³/mol. The number of halogens is 1. The third kappa shape index (κ3) is 9.23. The maximum absolute atomic E-state index is 13.4. The lowest BCUT2D eigenvalue weighted by Gasteiger charge is -2.23. The van der Waals surface area contributed by atoms with E-state index in [4.69, 9.17) is 4.74 Å². The molecular weight excluding hydrogens is 571 g/mol. The van der Waals surface area contributed by atoms with Gasteiger partial charge in [-0.1, -0.05) is 48.0 Å². The summed E-state index contributed by atoms with van der Waals surface area (Å²) >= 11 is 0. The maximum atomic E-state index is 13.4. The first-order chi connectivity index (χ1) is 20.7. The highest BCUT2D eigenvalue weighted by atomic mass is 32.2. The van der Waals surface area contributed by atoms with E-state index in [-0.39, 0.29) is 23.1 Å². The zero-order valence-electron chi connectivity index (χ0n) is 23.4. The number of nitrogens with one attached hydrogen (secondary N) is 2. The summed E-state index contributed by atoms with van der Waals surface area (Å²) in [6.45, 7) is 1.68. The van der Waals surface area contributed by atoms with Crippen molar-refractivity contribution in [3.05, 3.63) is 126 Å². The van der Waals surface area contributed by atoms with Gasteiger partial charge in [0.15, 0.2) is 6.61 Å². The van der Waals surface area contributed by atoms with Gasteiger partial charge in [-0.3, -0.25) is 13.9 Å². The van der Waals surface area contributed by atoms with Gasteiger partial charge in [0.2, 0.25) is 0 Å². The van der Waals surface area contributed by atoms with E-state index < -0.39 is 28.3 Å². The average molecular weight is 603 g/mol. The van der Waals surface area contributed by atoms with Crippen LogP contribution in [0.3, 0.4) is 0 Å². The molecule has 0 aliphatic rings. The van der Waals surface area contributed by atoms with Gasteiger partial charge in [0.25, 0.3) is 21.8 Å². The van der Waals surface area contributed by atoms with Crippen LogP contribution in [-0.2, 0) is 26.0 Å². The second-order valence-electron chi connectivity index (χ2n) is 9.54. The van der Waals surface area contributed by atoms with Gasteiger partial charge < -0.3 is 10.1 Å². The number of anilines is 1. The van der Waals surface area contributed by atoms with Gasteiger partial charge >= 0.3 is 0 Å². The van der Waals surface area contributed by atoms with Crippen LogP contribution >= 0.6 is 0 Å². The molecule has 0 aromatic heterocycles. The van der Waals surface area contributed by atoms with E-state index in [1.807, 2.05) is 37.3 Å². The molecule has 222 valence electrons. The first kappa shape index (κ1) is 30.9. The fourth-order valence-corrected chi connectivity index (χ4v) is 5.37. The molecule has 0 spiro atoms. The van der Waals surface area contributed by atoms with E-state index in [1.54, 1.807) is 48.5 Å². The summed E-state index contributed by atoms with van der Waals surface area (Å²) in [4.78, 5) is 24.6. The number of sulfonamides is 1. The van der Waals surface area contributed by atoms with Crippen LogP contribution in [0.15, 0.2) is 113 Å². The fourth-order valence-electron chi connectivity index (χ4n) is 3.95. The Kier molecular flexibility index (Phi) is 10.6. The average Bonchev–Trinajstić information content (AvgIpc) is 3.01. The van der Waals surface area contributed by atoms with Crippen LogP contribution in [-0.4, -0.2) is 46.1 Å². The zero-order chi connectivity index (χ0) is 30.7. The Morgan fingerprint density at radius 2 is 1.56 bits per heavy atom. The van der Waals surface area contributed by atoms with Crippen molar-refractivity contribution in [3.8, 4) is 5.75 Å². The summed E-state index contributed by atoms with van der Waals surface area (Å²) in [7, 11) is -4.18. The minimum Gasteiger partial charge on any atom is -0.484 e. The van der Waals surface area contributed by atoms with E-state index in [0.717, 1.165) is 46.1 Å². The lowest BCUT2D eigenvalue weighted by atomic mass is 10.1. The Labute approximate surface area is 250 Å². The van der Waals surface area contributed by atoms with Crippen LogP contribution in [0.5, 0.6) is 5.75 Å². The first-order valence-corrected chi connectivity index (χ1v) is 14.8. The molecule has 0 radical (unpaired) electrons. The monoisotopic (exact) mass is 602 g/mol. The highest BCUT2D eigenvalue weighted by Crippen LogP contribution is 2.24. The highest BCUT2D eigenvalue weighted by Gasteiger charge is 2.27. The number of nitrogens with zero attached hydrogens (tertiary/aromatic N) is 2. The molecule has 0 aliphatic heterocycles. The summed E-state index contributed by atoms with van der Waals surface area (Å²) in [6.07, 6.45) is 2.12. The lowest BCUT2D eigenvalue weighted by molar-refractivity contribution is -0.123. The third-order valence-electron chi connectivity index (χ3n) is 6.24. The molecule has 0 heterocycles. The standard InChI is InChI=1S/C32H31FN4O5S/c1-24-7-13-28(14-8-24)37(43(40,41)30-17-11-27(33)12-18-30)22-31(38)36-35-21-26-9-15-29(16-10-26)42-23-32(39)34-20-19-25-5-3-2-4-6-25/h2-18,21H,19-20,22-23H2,1H3,(H,34,39)(H,36,38)/b35-21-. The van der Waals surface area contributed by atoms with Crippen molar-refractivity contribution in [1.29, 1.82) is 0 Å². The van der Waals surface area contributed by atoms with E-state index in [0.29, 0.717) is 17.9 Å². The SMILES string of the molecule is Cc1ccc(N(CC(=O)N/N=C\c2ccc(OCC(=O)NCCc3ccccc3)cc2)S(=O)(=O)c2ccc(F)cc2)cc1. The number of amides is 2. The van der Waals surface area contributed by atoms with Gasteiger partial charge in [-0.15, -0.1) is 0 Å². The number of carbonyl (C=O) groups excluding carboxylic acids is 2. The van der Waals surface area contributed by atoms with E-state index in [1.165, 1.54) is 6.21 Å². The number of rotatable bonds is 13. The molecule has 2 N–H and O–H groups in total. The number of carbonyl (C=O) groups is 2. The van der Waals surface area contributed by atoms with Crippen molar-refractivity contribution in [2.24, 2.45) is 5.10 Å². The van der Waals surface area contributed by atoms with Crippen LogP contribution in [0, 0.1) is 12.7 Å². The molecule has 0 saturated carbocycles. The largest absolute Gasteiger partial charge is 0.484 e. The summed E-state index contributed by atoms with van der Waals surface area (Å²) in [5, 5.41) is 6.75. The number of aryl methyl sites for hydroxylation is 1. The van der Waals surface area contributed by atoms with Crippen molar-refractivity contribution in [2.75, 3.05) is 24.0 Å². The topological polar surface area (TPSA) is 117 Å². The number of hydrogen-bond acceptors (Lipinski definition) is 6. The van der Waals surface area contributed by atoms with Crippen LogP contribution in [0.25, 0.3) is 0 Å². The van der Waals surface area contributed by atoms with E-state index in [9.17, 15) is 22.4 Å². The number of hydrogen-bond donors (Lipinski definition) is 2. The summed E-state index contributed by atoms with van der Waals surface area (Å²) < 4.78 is 46.6. The molecule has 9 nitrogen and oxygen atoms in total. The maximum Gasteiger partial charge on any atom is 0.264 e. The van der Waals surface area contributed by atoms with Gasteiger partial charge in [0.1, 0.15) is 18.1 Å². The Balaban J connectivity index is 1.29. The minimum atomic E-state index is -4.18. The fraction of sp³-hybridized carbons (Fsp3) is 0.156. The summed E-state index contributed by atoms with van der Waals surface area (Å²) in [6, 6.07) is 27.6. The summed E-state index contributed by atoms with van der Waals surface area (Å²) in [5.74, 6) is -1.00. The molecule has 43 heavy (non-hydrogen) atoms. The molecule has 2 amide bonds. The number of ether oxygens (including phenoxy) is 1. The molecule has 4 rings (SSSR count). The second-order valence-corrected chi connectivity index (χ2v) is 11.4. The van der Waals surface area contributed by atoms with Gasteiger partial charge in [-0.2, -0.15) is 5.10 Å². The van der Waals surface area contributed by atoms with Gasteiger partial charge in [-0.25, -0.2) is 18.2 Å². The quantitative estimate of drug-likeness (QED) is 0.176. The van der Waals surface area contributed by atoms with Crippen molar-refractivity contribution < 1.29 is 27.1 Å². The Hall–Kier alpha value is -5.03. The zero-order valence-corrected chi connectivity index (χ0v) is 24.3. The number of hydrazone groups is 1. The Bertz CT molecular complexity index is 1650. The molecule has 0 bridgehead atoms. The van der Waals surface area contributed by atoms with Crippen LogP contribution < -0.4 is 19.8 Å². The normalized spacial score (nSPS) is 11.2. The van der Waals surface area contributed by atoms with Crippen LogP contribution in [0.4, 0.5) is 10.1 Å². The smallest absolute Gasteiger partial charge is 0.264 e. The van der Waals surface area contributed by atoms with Crippen molar-refractivity contribution >= 4 is 33.7 Å². The second kappa shape index (κ2) is 14.7. The van der Waals surface area contributed by atoms with Gasteiger partial charge in [0, 0.05) is 6.54 Å². The van der Waals surface area contributed by atoms with Crippen molar-refractivity contribution in [2.45, 2.75) is 18.2 Å². The highest BCUT2D eigenvalue weighted by molar-refractivity contribution is 7.92. The molecule has 4 aromatic carbocycles. The lowest BCUT2D eigenvalue weighted by Crippen LogP contribution is -2.39. The molecular formula is C32H31FN4O5S. The number of benzene rings is 4. The molecule has 0 atom stereocenters. The first-order valence-electron chi connectivity index (χ1n) is 13.4. The van der Waals surface area contributed by atoms with E-state index >= 15 is 0 Å². The van der Waals surface area contributed by atoms with Gasteiger partial charge in [-0.05, 0) is 85.1 Å². The molecule has 4 aromatic rings. The third-order valence-corrected chi connectivity index (χ3v) is 8.03. The van der Waals surface area contributed by atoms with Crippen molar-refractivity contribution in [1.82, 2.24) is 10.7 Å². The van der Waals surface area contributed by atoms with Crippen LogP contribution in [0.2, 0.25) is 0 Å². The predicted octanol–water partition coefficient (Wildman–Crippen LogP) is 4.22. The minimum absolute atomic E-state index is 0.128. The van der Waals surface area contributed by atoms with Gasteiger partial charge in [0.05, 0.1) is 16.8 Å². The Morgan fingerprint density at radius 3 is 2.23 bits per heavy atom. The molecule has 0 unspecified atom stereocenters. The molecule has 11 heteroatoms.